The molecular weight excluding hydrogens is 569 g/mol. The molecule has 8 aliphatic rings. The van der Waals surface area contributed by atoms with Gasteiger partial charge in [0.1, 0.15) is 5.52 Å². The van der Waals surface area contributed by atoms with Gasteiger partial charge < -0.3 is 18.3 Å². The maximum atomic E-state index is 6.49. The topological polar surface area (TPSA) is 54.1 Å². The van der Waals surface area contributed by atoms with Crippen molar-refractivity contribution in [2.45, 2.75) is 50.0 Å². The van der Waals surface area contributed by atoms with Crippen LogP contribution < -0.4 is 9.47 Å². The highest BCUT2D eigenvalue weighted by molar-refractivity contribution is 6.35. The lowest BCUT2D eigenvalue weighted by Crippen LogP contribution is -2.70. The first-order chi connectivity index (χ1) is 20.2. The molecule has 12 rings (SSSR count). The summed E-state index contributed by atoms with van der Waals surface area (Å²) in [5.41, 5.74) is 4.05. The minimum atomic E-state index is 0.00788. The highest BCUT2D eigenvalue weighted by Crippen LogP contribution is 2.49. The normalized spacial score (nSPS) is 37.1. The zero-order valence-corrected chi connectivity index (χ0v) is 23.9. The van der Waals surface area contributed by atoms with Crippen molar-refractivity contribution in [3.63, 3.8) is 0 Å². The molecule has 0 saturated carbocycles. The van der Waals surface area contributed by atoms with Gasteiger partial charge in [-0.05, 0) is 49.9 Å². The predicted octanol–water partition coefficient (Wildman–Crippen LogP) is 2.68. The van der Waals surface area contributed by atoms with Crippen LogP contribution in [0.5, 0.6) is 12.0 Å². The van der Waals surface area contributed by atoms with E-state index in [1.807, 2.05) is 30.3 Å². The molecule has 220 valence electrons. The number of hydrogen-bond donors (Lipinski definition) is 0. The third-order valence-corrected chi connectivity index (χ3v) is 11.1. The van der Waals surface area contributed by atoms with Gasteiger partial charge in [0.25, 0.3) is 12.0 Å². The van der Waals surface area contributed by atoms with Crippen molar-refractivity contribution in [1.82, 2.24) is 19.1 Å². The van der Waals surface area contributed by atoms with Crippen molar-refractivity contribution >= 4 is 61.2 Å². The molecule has 4 aromatic rings. The zero-order valence-electron chi connectivity index (χ0n) is 22.4. The molecule has 2 spiro atoms. The van der Waals surface area contributed by atoms with E-state index in [1.165, 1.54) is 73.7 Å². The molecule has 6 fully saturated rings. The second-order valence-electron chi connectivity index (χ2n) is 12.6. The molecule has 2 aromatic heterocycles. The van der Waals surface area contributed by atoms with E-state index >= 15 is 0 Å². The number of hydrogen-bond acceptors (Lipinski definition) is 4. The van der Waals surface area contributed by atoms with Gasteiger partial charge >= 0.3 is 0 Å². The van der Waals surface area contributed by atoms with Crippen LogP contribution in [0, 0.1) is 11.8 Å². The van der Waals surface area contributed by atoms with Gasteiger partial charge in [-0.1, -0.05) is 35.3 Å². The Labute approximate surface area is 257 Å². The van der Waals surface area contributed by atoms with Crippen molar-refractivity contribution in [3.8, 4) is 12.0 Å². The SMILES string of the molecule is [BH3-][N+]12CCC(CC1)C1(Cn3c(nc4c(Cl)cccc43)O1)C2.[BH3-][N+]12CCC(CC1)C1(Cn3c(nc4cccc(Cl)c43)O1)C2. The van der Waals surface area contributed by atoms with Gasteiger partial charge in [-0.2, -0.15) is 9.97 Å². The smallest absolute Gasteiger partial charge is 0.298 e. The number of benzene rings is 2. The van der Waals surface area contributed by atoms with Crippen LogP contribution in [0.4, 0.5) is 0 Å². The van der Waals surface area contributed by atoms with Gasteiger partial charge in [-0.25, -0.2) is 0 Å². The summed E-state index contributed by atoms with van der Waals surface area (Å²) in [6, 6.07) is 13.5. The van der Waals surface area contributed by atoms with Crippen molar-refractivity contribution in [3.05, 3.63) is 46.4 Å². The van der Waals surface area contributed by atoms with E-state index in [1.54, 1.807) is 0 Å². The van der Waals surface area contributed by atoms with Crippen molar-refractivity contribution in [1.29, 1.82) is 0 Å². The Hall–Kier alpha value is -2.39. The van der Waals surface area contributed by atoms with E-state index in [9.17, 15) is 0 Å². The number of imidazole rings is 2. The lowest BCUT2D eigenvalue weighted by atomic mass is 9.71. The Morgan fingerprint density at radius 2 is 1.29 bits per heavy atom. The number of halogens is 2. The van der Waals surface area contributed by atoms with Gasteiger partial charge in [-0.15, -0.1) is 0 Å². The third kappa shape index (κ3) is 3.64. The van der Waals surface area contributed by atoms with Gasteiger partial charge in [0, 0.05) is 38.0 Å². The average Bonchev–Trinajstić information content (AvgIpc) is 3.67. The lowest BCUT2D eigenvalue weighted by molar-refractivity contribution is -0.845. The van der Waals surface area contributed by atoms with Crippen LogP contribution in [0.1, 0.15) is 25.7 Å². The van der Waals surface area contributed by atoms with Crippen LogP contribution >= 0.6 is 23.2 Å². The second-order valence-corrected chi connectivity index (χ2v) is 13.4. The van der Waals surface area contributed by atoms with Crippen molar-refractivity contribution < 1.29 is 18.3 Å². The maximum Gasteiger partial charge on any atom is 0.298 e. The molecule has 12 heteroatoms. The summed E-state index contributed by atoms with van der Waals surface area (Å²) in [6.07, 6.45) is 5.35. The maximum absolute atomic E-state index is 6.49. The summed E-state index contributed by atoms with van der Waals surface area (Å²) in [5.74, 6) is 1.42. The molecule has 42 heavy (non-hydrogen) atoms. The third-order valence-electron chi connectivity index (χ3n) is 10.5. The molecule has 0 N–H and O–H groups in total. The van der Waals surface area contributed by atoms with Crippen LogP contribution in [0.2, 0.25) is 10.0 Å². The summed E-state index contributed by atoms with van der Waals surface area (Å²) < 4.78 is 20.3. The van der Waals surface area contributed by atoms with Gasteiger partial charge in [0.05, 0.1) is 52.8 Å². The summed E-state index contributed by atoms with van der Waals surface area (Å²) in [6.45, 7) is 9.97. The standard InChI is InChI=1S/2C15H19BClN3O/c16-20-6-4-10(5-7-20)15(9-20)8-19-12-3-1-2-11(17)13(12)18-14(19)21-15;16-20-6-4-10(5-7-20)15(9-20)8-19-13-11(17)2-1-3-12(13)18-14(19)21-15/h2*1-3,10H,4-9H2,16H3. The number of quaternary nitrogens is 2. The fraction of sp³-hybridized carbons (Fsp3) is 0.533. The second kappa shape index (κ2) is 8.62. The molecule has 10 heterocycles. The Kier molecular flexibility index (Phi) is 5.34. The summed E-state index contributed by atoms with van der Waals surface area (Å²) in [5, 5.41) is 1.51. The molecule has 6 saturated heterocycles. The highest BCUT2D eigenvalue weighted by Gasteiger charge is 2.58. The molecule has 0 amide bonds. The number of nitrogens with zero attached hydrogens (tertiary/aromatic N) is 6. The van der Waals surface area contributed by atoms with Crippen LogP contribution in [0.3, 0.4) is 0 Å². The van der Waals surface area contributed by atoms with E-state index in [0.717, 1.165) is 57.2 Å². The fourth-order valence-electron chi connectivity index (χ4n) is 8.47. The van der Waals surface area contributed by atoms with Crippen LogP contribution in [0.15, 0.2) is 36.4 Å². The van der Waals surface area contributed by atoms with E-state index < -0.39 is 0 Å². The van der Waals surface area contributed by atoms with Crippen LogP contribution in [-0.2, 0) is 13.1 Å². The minimum Gasteiger partial charge on any atom is -0.519 e. The quantitative estimate of drug-likeness (QED) is 0.289. The highest BCUT2D eigenvalue weighted by atomic mass is 35.5. The van der Waals surface area contributed by atoms with Gasteiger partial charge in [0.2, 0.25) is 0 Å². The lowest BCUT2D eigenvalue weighted by Gasteiger charge is -2.60. The number of aromatic nitrogens is 4. The summed E-state index contributed by atoms with van der Waals surface area (Å²) in [4.78, 5) is 9.35. The molecule has 4 bridgehead atoms. The number of rotatable bonds is 0. The molecule has 0 aliphatic carbocycles. The minimum absolute atomic E-state index is 0.00788. The molecule has 2 unspecified atom stereocenters. The van der Waals surface area contributed by atoms with E-state index in [0.29, 0.717) is 27.8 Å². The van der Waals surface area contributed by atoms with Crippen LogP contribution in [-0.4, -0.2) is 94.3 Å². The number of ether oxygens (including phenoxy) is 2. The fourth-order valence-corrected chi connectivity index (χ4v) is 8.95. The van der Waals surface area contributed by atoms with Gasteiger partial charge in [0.15, 0.2) is 27.2 Å². The van der Waals surface area contributed by atoms with Crippen molar-refractivity contribution in [2.75, 3.05) is 39.3 Å². The predicted molar refractivity (Wildman–Crippen MR) is 171 cm³/mol. The Bertz CT molecular complexity index is 1760. The number of para-hydroxylation sites is 2. The monoisotopic (exact) mass is 606 g/mol. The first-order valence-electron chi connectivity index (χ1n) is 14.6. The first kappa shape index (κ1) is 26.0. The molecule has 0 radical (unpaired) electrons. The van der Waals surface area contributed by atoms with Crippen molar-refractivity contribution in [2.24, 2.45) is 11.8 Å². The number of fused-ring (bicyclic) bond motifs is 10. The van der Waals surface area contributed by atoms with E-state index in [4.69, 9.17) is 32.7 Å². The van der Waals surface area contributed by atoms with E-state index in [2.05, 4.69) is 25.2 Å². The molecule has 8 aliphatic heterocycles. The molecule has 2 atom stereocenters. The zero-order chi connectivity index (χ0) is 28.5. The summed E-state index contributed by atoms with van der Waals surface area (Å²) >= 11 is 12.7. The summed E-state index contributed by atoms with van der Waals surface area (Å²) in [7, 11) is 0.611. The Morgan fingerprint density at radius 1 is 0.738 bits per heavy atom. The molecule has 2 aromatic carbocycles. The van der Waals surface area contributed by atoms with Crippen LogP contribution in [0.25, 0.3) is 22.1 Å². The largest absolute Gasteiger partial charge is 0.519 e. The first-order valence-corrected chi connectivity index (χ1v) is 15.4. The van der Waals surface area contributed by atoms with E-state index in [-0.39, 0.29) is 11.2 Å². The molecule has 8 nitrogen and oxygen atoms in total. The Balaban J connectivity index is 0.000000119. The number of piperidine rings is 6. The Morgan fingerprint density at radius 3 is 1.90 bits per heavy atom. The van der Waals surface area contributed by atoms with Gasteiger partial charge in [-0.3, -0.25) is 9.13 Å². The average molecular weight is 607 g/mol. The molecular formula is C30H38B2Cl2N6O2.